The van der Waals surface area contributed by atoms with Gasteiger partial charge in [0.1, 0.15) is 0 Å². The summed E-state index contributed by atoms with van der Waals surface area (Å²) in [7, 11) is -3.81. The Balaban J connectivity index is -0.00000578. The molecule has 0 radical (unpaired) electrons. The second kappa shape index (κ2) is 32.1. The smallest absolute Gasteiger partial charge is 1.00 e. The van der Waals surface area contributed by atoms with Crippen LogP contribution in [-0.2, 0) is 18.8 Å². The molecule has 0 aliphatic heterocycles. The summed E-state index contributed by atoms with van der Waals surface area (Å²) in [6, 6.07) is 0. The molecule has 0 spiro atoms. The second-order valence-corrected chi connectivity index (χ2v) is 11.8. The minimum atomic E-state index is -3.81. The summed E-state index contributed by atoms with van der Waals surface area (Å²) in [5.41, 5.74) is 0. The van der Waals surface area contributed by atoms with Gasteiger partial charge >= 0.3 is 40.0 Å². The number of hydrogen-bond donors (Lipinski definition) is 0. The molecule has 0 aliphatic rings. The van der Waals surface area contributed by atoms with Gasteiger partial charge in [0, 0.05) is 0 Å². The van der Waals surface area contributed by atoms with Gasteiger partial charge in [-0.1, -0.05) is 168 Å². The van der Waals surface area contributed by atoms with Crippen molar-refractivity contribution < 1.29 is 47.8 Å². The molecule has 0 bridgehead atoms. The van der Waals surface area contributed by atoms with E-state index >= 15 is 0 Å². The minimum Gasteiger partial charge on any atom is -1.00 e. The monoisotopic (exact) mass is 542 g/mol. The van der Waals surface area contributed by atoms with Gasteiger partial charge in [0.2, 0.25) is 0 Å². The van der Waals surface area contributed by atoms with E-state index in [1.807, 2.05) is 0 Å². The maximum Gasteiger partial charge on any atom is 1.00 e. The first-order valence-corrected chi connectivity index (χ1v) is 17.0. The predicted molar refractivity (Wildman–Crippen MR) is 153 cm³/mol. The third kappa shape index (κ3) is 32.9. The molecule has 0 heterocycles. The molecule has 6 heteroatoms. The Hall–Kier alpha value is 0.870. The number of hydrogen-bond acceptors (Lipinski definition) is 4. The van der Waals surface area contributed by atoms with Crippen molar-refractivity contribution in [2.45, 2.75) is 181 Å². The van der Waals surface area contributed by atoms with E-state index in [9.17, 15) is 8.42 Å². The van der Waals surface area contributed by atoms with E-state index in [2.05, 4.69) is 13.8 Å². The minimum absolute atomic E-state index is 0. The van der Waals surface area contributed by atoms with Gasteiger partial charge in [-0.2, -0.15) is 8.42 Å². The topological polar surface area (TPSA) is 52.6 Å². The van der Waals surface area contributed by atoms with Crippen molar-refractivity contribution in [2.24, 2.45) is 0 Å². The molecule has 0 aliphatic carbocycles. The van der Waals surface area contributed by atoms with Crippen molar-refractivity contribution in [3.05, 3.63) is 0 Å². The quantitative estimate of drug-likeness (QED) is 0.0694. The summed E-state index contributed by atoms with van der Waals surface area (Å²) in [5.74, 6) is 0. The van der Waals surface area contributed by atoms with Crippen LogP contribution in [0.1, 0.15) is 182 Å². The summed E-state index contributed by atoms with van der Waals surface area (Å²) in [5, 5.41) is 0. The fraction of sp³-hybridized carbons (Fsp3) is 1.00. The van der Waals surface area contributed by atoms with Crippen LogP contribution in [0.5, 0.6) is 0 Å². The molecular weight excluding hydrogens is 479 g/mol. The zero-order valence-corrected chi connectivity index (χ0v) is 27.7. The van der Waals surface area contributed by atoms with Gasteiger partial charge in [-0.3, -0.25) is 0 Å². The van der Waals surface area contributed by atoms with Gasteiger partial charge < -0.3 is 1.43 Å². The first kappa shape index (κ1) is 39.0. The molecule has 0 saturated carbocycles. The van der Waals surface area contributed by atoms with Crippen molar-refractivity contribution in [1.82, 2.24) is 0 Å². The molecule has 0 N–H and O–H groups in total. The first-order chi connectivity index (χ1) is 17.1. The van der Waals surface area contributed by atoms with Gasteiger partial charge in [-0.15, -0.1) is 0 Å². The molecule has 0 fully saturated rings. The summed E-state index contributed by atoms with van der Waals surface area (Å²) in [6.07, 6.45) is 33.1. The van der Waals surface area contributed by atoms with Gasteiger partial charge in [0.15, 0.2) is 0 Å². The zero-order valence-electron chi connectivity index (χ0n) is 25.8. The molecule has 214 valence electrons. The Labute approximate surface area is 250 Å². The van der Waals surface area contributed by atoms with Crippen molar-refractivity contribution in [3.63, 3.8) is 0 Å². The molecule has 0 aromatic rings. The molecule has 0 atom stereocenters. The van der Waals surface area contributed by atoms with Crippen LogP contribution >= 0.6 is 0 Å². The van der Waals surface area contributed by atoms with Gasteiger partial charge in [-0.25, -0.2) is 8.37 Å². The van der Waals surface area contributed by atoms with Crippen LogP contribution in [0.2, 0.25) is 0 Å². The summed E-state index contributed by atoms with van der Waals surface area (Å²) >= 11 is 0. The Morgan fingerprint density at radius 3 is 0.806 bits per heavy atom. The fourth-order valence-electron chi connectivity index (χ4n) is 4.60. The van der Waals surface area contributed by atoms with E-state index in [4.69, 9.17) is 8.37 Å². The number of rotatable bonds is 30. The van der Waals surface area contributed by atoms with Crippen LogP contribution in [0.4, 0.5) is 0 Å². The molecule has 0 unspecified atom stereocenters. The fourth-order valence-corrected chi connectivity index (χ4v) is 5.31. The maximum atomic E-state index is 11.8. The van der Waals surface area contributed by atoms with E-state index in [0.717, 1.165) is 32.1 Å². The SMILES string of the molecule is CCCCCCCCCCCCCCCCCCOS(=O)(=O)OCCCCCCCCCCCC.[H-].[Na+]. The van der Waals surface area contributed by atoms with Gasteiger partial charge in [-0.05, 0) is 12.8 Å². The third-order valence-electron chi connectivity index (χ3n) is 6.95. The third-order valence-corrected chi connectivity index (χ3v) is 7.86. The normalized spacial score (nSPS) is 11.6. The average Bonchev–Trinajstić information content (AvgIpc) is 2.84. The largest absolute Gasteiger partial charge is 1.00 e. The summed E-state index contributed by atoms with van der Waals surface area (Å²) in [4.78, 5) is 0. The summed E-state index contributed by atoms with van der Waals surface area (Å²) < 4.78 is 33.6. The van der Waals surface area contributed by atoms with E-state index in [-0.39, 0.29) is 44.2 Å². The molecule has 0 amide bonds. The summed E-state index contributed by atoms with van der Waals surface area (Å²) in [6.45, 7) is 5.02. The van der Waals surface area contributed by atoms with Crippen LogP contribution in [0, 0.1) is 0 Å². The van der Waals surface area contributed by atoms with Crippen LogP contribution < -0.4 is 29.6 Å². The van der Waals surface area contributed by atoms with Crippen LogP contribution in [0.15, 0.2) is 0 Å². The average molecular weight is 543 g/mol. The van der Waals surface area contributed by atoms with Crippen LogP contribution in [0.3, 0.4) is 0 Å². The van der Waals surface area contributed by atoms with Crippen molar-refractivity contribution in [2.75, 3.05) is 13.2 Å². The predicted octanol–water partition coefficient (Wildman–Crippen LogP) is 7.56. The van der Waals surface area contributed by atoms with E-state index in [1.165, 1.54) is 135 Å². The Morgan fingerprint density at radius 2 is 0.583 bits per heavy atom. The Kier molecular flexibility index (Phi) is 34.8. The molecule has 0 rings (SSSR count). The van der Waals surface area contributed by atoms with Crippen LogP contribution in [-0.4, -0.2) is 21.6 Å². The van der Waals surface area contributed by atoms with E-state index in [0.29, 0.717) is 0 Å². The van der Waals surface area contributed by atoms with E-state index < -0.39 is 10.4 Å². The van der Waals surface area contributed by atoms with Gasteiger partial charge in [0.25, 0.3) is 0 Å². The molecule has 36 heavy (non-hydrogen) atoms. The maximum absolute atomic E-state index is 11.8. The van der Waals surface area contributed by atoms with Crippen molar-refractivity contribution in [1.29, 1.82) is 0 Å². The zero-order chi connectivity index (χ0) is 25.7. The van der Waals surface area contributed by atoms with Crippen molar-refractivity contribution in [3.8, 4) is 0 Å². The van der Waals surface area contributed by atoms with Gasteiger partial charge in [0.05, 0.1) is 13.2 Å². The second-order valence-electron chi connectivity index (χ2n) is 10.5. The Bertz CT molecular complexity index is 506. The van der Waals surface area contributed by atoms with E-state index in [1.54, 1.807) is 0 Å². The molecule has 0 aromatic heterocycles. The standard InChI is InChI=1S/C30H62O4S.Na.H/c1-3-5-7-9-11-13-15-16-17-18-19-20-22-24-26-28-30-34-35(31,32)33-29-27-25-23-21-14-12-10-8-6-4-2;;/h3-30H2,1-2H3;;/q;+1;-1. The number of unbranched alkanes of at least 4 members (excludes halogenated alkanes) is 24. The molecule has 0 aromatic carbocycles. The first-order valence-electron chi connectivity index (χ1n) is 15.7. The van der Waals surface area contributed by atoms with Crippen molar-refractivity contribution >= 4 is 10.4 Å². The Morgan fingerprint density at radius 1 is 0.389 bits per heavy atom. The molecule has 4 nitrogen and oxygen atoms in total. The van der Waals surface area contributed by atoms with Crippen LogP contribution in [0.25, 0.3) is 0 Å². The molecule has 0 saturated heterocycles. The molecular formula is C30H63NaO4S.